The number of thiophene rings is 1. The summed E-state index contributed by atoms with van der Waals surface area (Å²) in [5, 5.41) is 12.5. The molecule has 0 spiro atoms. The maximum absolute atomic E-state index is 12.8. The number of carbonyl (C=O) groups excluding carboxylic acids is 1. The van der Waals surface area contributed by atoms with Gasteiger partial charge in [0, 0.05) is 16.1 Å². The fourth-order valence-corrected chi connectivity index (χ4v) is 7.56. The SMILES string of the molecule is Cc1ccc(OCc2ccc(C3CCCCC3)cc2)c(-c2csc(CN(C(=O)C(=O)O)c3ccc4nc(C)sc4c3)c2)c1. The van der Waals surface area contributed by atoms with E-state index < -0.39 is 11.9 Å². The molecule has 1 aliphatic rings. The molecule has 0 aliphatic heterocycles. The number of nitrogens with zero attached hydrogens (tertiary/aromatic N) is 2. The van der Waals surface area contributed by atoms with E-state index in [4.69, 9.17) is 4.74 Å². The van der Waals surface area contributed by atoms with Gasteiger partial charge in [0.1, 0.15) is 12.4 Å². The van der Waals surface area contributed by atoms with Gasteiger partial charge in [0.15, 0.2) is 0 Å². The van der Waals surface area contributed by atoms with Gasteiger partial charge in [-0.1, -0.05) is 55.2 Å². The van der Waals surface area contributed by atoms with E-state index in [1.807, 2.05) is 42.6 Å². The first-order valence-electron chi connectivity index (χ1n) is 14.7. The Labute approximate surface area is 259 Å². The van der Waals surface area contributed by atoms with Crippen LogP contribution in [0.3, 0.4) is 0 Å². The van der Waals surface area contributed by atoms with Crippen LogP contribution in [-0.2, 0) is 22.7 Å². The quantitative estimate of drug-likeness (QED) is 0.178. The molecule has 220 valence electrons. The smallest absolute Gasteiger partial charge is 0.394 e. The number of carbonyl (C=O) groups is 2. The van der Waals surface area contributed by atoms with Crippen LogP contribution in [0, 0.1) is 13.8 Å². The number of rotatable bonds is 8. The molecule has 0 saturated heterocycles. The molecule has 3 aromatic carbocycles. The summed E-state index contributed by atoms with van der Waals surface area (Å²) in [5.41, 5.74) is 6.99. The van der Waals surface area contributed by atoms with Crippen LogP contribution in [0.4, 0.5) is 5.69 Å². The van der Waals surface area contributed by atoms with Crippen molar-refractivity contribution in [1.82, 2.24) is 4.98 Å². The maximum atomic E-state index is 12.8. The van der Waals surface area contributed by atoms with Crippen molar-refractivity contribution in [3.8, 4) is 16.9 Å². The summed E-state index contributed by atoms with van der Waals surface area (Å²) >= 11 is 3.01. The van der Waals surface area contributed by atoms with Gasteiger partial charge in [-0.15, -0.1) is 22.7 Å². The standard InChI is InChI=1S/C35H34N2O4S2/c1-22-8-15-32(41-20-24-9-11-26(12-10-24)25-6-4-3-5-7-25)30(16-22)27-17-29(42-21-27)19-37(34(38)35(39)40)28-13-14-31-33(18-28)43-23(2)36-31/h8-18,21,25H,3-7,19-20H2,1-2H3,(H,39,40). The number of carboxylic acid groups (broad SMARTS) is 1. The highest BCUT2D eigenvalue weighted by atomic mass is 32.1. The first-order valence-corrected chi connectivity index (χ1v) is 16.4. The van der Waals surface area contributed by atoms with Gasteiger partial charge < -0.3 is 9.84 Å². The molecule has 0 atom stereocenters. The van der Waals surface area contributed by atoms with Gasteiger partial charge in [-0.3, -0.25) is 9.69 Å². The third-order valence-corrected chi connectivity index (χ3v) is 9.94. The molecule has 1 N–H and O–H groups in total. The largest absolute Gasteiger partial charge is 0.488 e. The number of aryl methyl sites for hydroxylation is 2. The zero-order chi connectivity index (χ0) is 29.9. The highest BCUT2D eigenvalue weighted by Gasteiger charge is 2.24. The van der Waals surface area contributed by atoms with E-state index >= 15 is 0 Å². The van der Waals surface area contributed by atoms with Crippen LogP contribution in [-0.4, -0.2) is 22.0 Å². The van der Waals surface area contributed by atoms with Crippen molar-refractivity contribution in [3.05, 3.63) is 98.7 Å². The van der Waals surface area contributed by atoms with Crippen molar-refractivity contribution in [2.75, 3.05) is 4.90 Å². The van der Waals surface area contributed by atoms with E-state index in [0.717, 1.165) is 48.1 Å². The first-order chi connectivity index (χ1) is 20.8. The second-order valence-corrected chi connectivity index (χ2v) is 13.5. The summed E-state index contributed by atoms with van der Waals surface area (Å²) in [6, 6.07) is 22.5. The fraction of sp³-hybridized carbons (Fsp3) is 0.286. The molecule has 1 aliphatic carbocycles. The number of carboxylic acids is 1. The molecule has 8 heteroatoms. The third-order valence-electron chi connectivity index (χ3n) is 8.08. The van der Waals surface area contributed by atoms with Crippen LogP contribution >= 0.6 is 22.7 Å². The molecule has 43 heavy (non-hydrogen) atoms. The Balaban J connectivity index is 1.20. The Hall–Kier alpha value is -4.01. The average Bonchev–Trinajstić information content (AvgIpc) is 3.64. The van der Waals surface area contributed by atoms with E-state index in [0.29, 0.717) is 18.2 Å². The Kier molecular flexibility index (Phi) is 8.58. The number of hydrogen-bond donors (Lipinski definition) is 1. The minimum absolute atomic E-state index is 0.147. The van der Waals surface area contributed by atoms with Crippen LogP contribution in [0.1, 0.15) is 64.6 Å². The molecule has 6 nitrogen and oxygen atoms in total. The van der Waals surface area contributed by atoms with E-state index in [1.165, 1.54) is 65.2 Å². The highest BCUT2D eigenvalue weighted by molar-refractivity contribution is 7.18. The number of benzene rings is 3. The van der Waals surface area contributed by atoms with Crippen molar-refractivity contribution in [2.45, 2.75) is 65.0 Å². The lowest BCUT2D eigenvalue weighted by molar-refractivity contribution is -0.148. The van der Waals surface area contributed by atoms with Crippen molar-refractivity contribution in [2.24, 2.45) is 0 Å². The second-order valence-electron chi connectivity index (χ2n) is 11.2. The van der Waals surface area contributed by atoms with Crippen LogP contribution in [0.2, 0.25) is 0 Å². The summed E-state index contributed by atoms with van der Waals surface area (Å²) < 4.78 is 7.26. The lowest BCUT2D eigenvalue weighted by Crippen LogP contribution is -2.35. The van der Waals surface area contributed by atoms with Crippen LogP contribution < -0.4 is 9.64 Å². The van der Waals surface area contributed by atoms with Gasteiger partial charge in [0.2, 0.25) is 0 Å². The summed E-state index contributed by atoms with van der Waals surface area (Å²) in [6.45, 7) is 4.59. The molecule has 1 fully saturated rings. The number of anilines is 1. The Morgan fingerprint density at radius 2 is 1.77 bits per heavy atom. The summed E-state index contributed by atoms with van der Waals surface area (Å²) in [5.74, 6) is -0.986. The summed E-state index contributed by atoms with van der Waals surface area (Å²) in [7, 11) is 0. The molecule has 0 bridgehead atoms. The van der Waals surface area contributed by atoms with Crippen molar-refractivity contribution in [1.29, 1.82) is 0 Å². The molecule has 0 unspecified atom stereocenters. The second kappa shape index (κ2) is 12.7. The molecule has 2 heterocycles. The summed E-state index contributed by atoms with van der Waals surface area (Å²) in [6.07, 6.45) is 6.58. The fourth-order valence-electron chi connectivity index (χ4n) is 5.83. The van der Waals surface area contributed by atoms with E-state index in [2.05, 4.69) is 42.2 Å². The van der Waals surface area contributed by atoms with Crippen molar-refractivity contribution >= 4 is 50.5 Å². The molecule has 1 amide bonds. The average molecular weight is 611 g/mol. The Morgan fingerprint density at radius 1 is 0.977 bits per heavy atom. The number of amides is 1. The van der Waals surface area contributed by atoms with Gasteiger partial charge in [-0.2, -0.15) is 0 Å². The van der Waals surface area contributed by atoms with Crippen LogP contribution in [0.5, 0.6) is 5.75 Å². The highest BCUT2D eigenvalue weighted by Crippen LogP contribution is 2.37. The summed E-state index contributed by atoms with van der Waals surface area (Å²) in [4.78, 5) is 31.2. The van der Waals surface area contributed by atoms with Gasteiger partial charge in [0.25, 0.3) is 0 Å². The number of aromatic nitrogens is 1. The zero-order valence-corrected chi connectivity index (χ0v) is 26.0. The lowest BCUT2D eigenvalue weighted by atomic mass is 9.84. The predicted molar refractivity (Wildman–Crippen MR) is 174 cm³/mol. The van der Waals surface area contributed by atoms with Gasteiger partial charge in [-0.25, -0.2) is 9.78 Å². The van der Waals surface area contributed by atoms with E-state index in [-0.39, 0.29) is 6.54 Å². The minimum Gasteiger partial charge on any atom is -0.488 e. The molecule has 6 rings (SSSR count). The normalized spacial score (nSPS) is 13.7. The molecule has 2 aromatic heterocycles. The number of hydrogen-bond acceptors (Lipinski definition) is 6. The molecule has 0 radical (unpaired) electrons. The van der Waals surface area contributed by atoms with E-state index in [9.17, 15) is 14.7 Å². The maximum Gasteiger partial charge on any atom is 0.394 e. The topological polar surface area (TPSA) is 79.7 Å². The minimum atomic E-state index is -1.49. The third kappa shape index (κ3) is 6.65. The number of thiazole rings is 1. The Bertz CT molecular complexity index is 1770. The van der Waals surface area contributed by atoms with Crippen LogP contribution in [0.15, 0.2) is 72.1 Å². The lowest BCUT2D eigenvalue weighted by Gasteiger charge is -2.22. The first kappa shape index (κ1) is 29.1. The monoisotopic (exact) mass is 610 g/mol. The molecular weight excluding hydrogens is 577 g/mol. The van der Waals surface area contributed by atoms with Gasteiger partial charge in [-0.05, 0) is 91.1 Å². The van der Waals surface area contributed by atoms with Crippen molar-refractivity contribution in [3.63, 3.8) is 0 Å². The van der Waals surface area contributed by atoms with Crippen molar-refractivity contribution < 1.29 is 19.4 Å². The number of aliphatic carboxylic acids is 1. The zero-order valence-electron chi connectivity index (χ0n) is 24.3. The molecule has 5 aromatic rings. The van der Waals surface area contributed by atoms with Gasteiger partial charge >= 0.3 is 11.9 Å². The van der Waals surface area contributed by atoms with Gasteiger partial charge in [0.05, 0.1) is 21.8 Å². The number of ether oxygens (including phenoxy) is 1. The predicted octanol–water partition coefficient (Wildman–Crippen LogP) is 8.89. The van der Waals surface area contributed by atoms with Crippen LogP contribution in [0.25, 0.3) is 21.3 Å². The molecular formula is C35H34N2O4S2. The van der Waals surface area contributed by atoms with E-state index in [1.54, 1.807) is 6.07 Å². The number of fused-ring (bicyclic) bond motifs is 1. The molecule has 1 saturated carbocycles. The Morgan fingerprint density at radius 3 is 2.53 bits per heavy atom.